The summed E-state index contributed by atoms with van der Waals surface area (Å²) in [5.74, 6) is -0.00216. The molecule has 0 amide bonds. The number of unbranched alkanes of at least 4 members (excludes halogenated alkanes) is 2. The zero-order valence-electron chi connectivity index (χ0n) is 72.7. The van der Waals surface area contributed by atoms with E-state index in [-0.39, 0.29) is 18.7 Å². The van der Waals surface area contributed by atoms with Crippen LogP contribution in [0.2, 0.25) is 0 Å². The number of allylic oxidation sites excluding steroid dienone is 19. The molecule has 2 aliphatic heterocycles. The SMILES string of the molecule is C\C=C/C=C(\C=C/CCC)C(/C(=C\CCC)C1=CC(C2=CCCC=C2)=CCC1)N1c2cc(N(c3ccccc3)c3c4ccccc4cc4ccccc34)ccc2B2c3ccc(N(c4ccccc4)c4c5ccccc5cc5ccccc45)cc3N(C3=C(c4cccc(-c5ccccc5)c4)CCC=C3C3C=CC=C(c4ccccc4)C3)c3cc(-c4ccccc4)cc1c32. The predicted molar refractivity (Wildman–Crippen MR) is 546 cm³/mol. The second-order valence-electron chi connectivity index (χ2n) is 34.6. The maximum atomic E-state index is 2.90. The van der Waals surface area contributed by atoms with Gasteiger partial charge in [0.2, 0.25) is 0 Å². The van der Waals surface area contributed by atoms with Crippen LogP contribution < -0.4 is 36.0 Å². The first-order valence-corrected chi connectivity index (χ1v) is 46.0. The Kier molecular flexibility index (Phi) is 22.3. The molecule has 6 aliphatic rings. The number of fused-ring (bicyclic) bond motifs is 8. The normalized spacial score (nSPS) is 15.9. The smallest absolute Gasteiger partial charge is 0.252 e. The molecule has 15 aromatic rings. The third kappa shape index (κ3) is 15.2. The number of rotatable bonds is 23. The van der Waals surface area contributed by atoms with Crippen LogP contribution in [0.3, 0.4) is 0 Å². The number of hydrogen-bond donors (Lipinski definition) is 0. The molecule has 0 bridgehead atoms. The highest BCUT2D eigenvalue weighted by Crippen LogP contribution is 2.55. The lowest BCUT2D eigenvalue weighted by Gasteiger charge is -2.49. The average Bonchev–Trinajstić information content (AvgIpc) is 0.685. The lowest BCUT2D eigenvalue weighted by atomic mass is 9.33. The van der Waals surface area contributed by atoms with Gasteiger partial charge in [-0.2, -0.15) is 0 Å². The number of nitrogens with zero attached hydrogens (tertiary/aromatic N) is 4. The van der Waals surface area contributed by atoms with Gasteiger partial charge in [0.25, 0.3) is 6.71 Å². The lowest BCUT2D eigenvalue weighted by Crippen LogP contribution is -2.63. The van der Waals surface area contributed by atoms with E-state index in [1.165, 1.54) is 138 Å². The van der Waals surface area contributed by atoms with Gasteiger partial charge < -0.3 is 19.6 Å². The van der Waals surface area contributed by atoms with Crippen molar-refractivity contribution in [1.29, 1.82) is 0 Å². The summed E-state index contributed by atoms with van der Waals surface area (Å²) in [6.07, 6.45) is 47.1. The highest BCUT2D eigenvalue weighted by atomic mass is 15.2. The third-order valence-electron chi connectivity index (χ3n) is 26.7. The van der Waals surface area contributed by atoms with Crippen molar-refractivity contribution in [1.82, 2.24) is 0 Å². The fourth-order valence-electron chi connectivity index (χ4n) is 20.9. The van der Waals surface area contributed by atoms with Crippen molar-refractivity contribution in [2.45, 2.75) is 97.4 Å². The predicted octanol–water partition coefficient (Wildman–Crippen LogP) is 31.7. The molecule has 614 valence electrons. The molecule has 2 heterocycles. The minimum Gasteiger partial charge on any atom is -0.331 e. The topological polar surface area (TPSA) is 13.0 Å². The largest absolute Gasteiger partial charge is 0.331 e. The van der Waals surface area contributed by atoms with Gasteiger partial charge in [-0.25, -0.2) is 0 Å². The van der Waals surface area contributed by atoms with Gasteiger partial charge >= 0.3 is 0 Å². The summed E-state index contributed by atoms with van der Waals surface area (Å²) >= 11 is 0. The Balaban J connectivity index is 0.927. The molecule has 21 rings (SSSR count). The van der Waals surface area contributed by atoms with Crippen molar-refractivity contribution in [3.05, 3.63) is 475 Å². The van der Waals surface area contributed by atoms with Crippen LogP contribution in [0.15, 0.2) is 464 Å². The maximum Gasteiger partial charge on any atom is 0.252 e. The van der Waals surface area contributed by atoms with Gasteiger partial charge in [0.05, 0.1) is 23.1 Å². The Morgan fingerprint density at radius 1 is 0.449 bits per heavy atom. The minimum absolute atomic E-state index is 0.00216. The van der Waals surface area contributed by atoms with Crippen LogP contribution in [0.4, 0.5) is 56.9 Å². The van der Waals surface area contributed by atoms with Crippen LogP contribution in [-0.4, -0.2) is 12.8 Å². The van der Waals surface area contributed by atoms with Crippen molar-refractivity contribution in [3.8, 4) is 22.3 Å². The van der Waals surface area contributed by atoms with Gasteiger partial charge in [-0.3, -0.25) is 0 Å². The van der Waals surface area contributed by atoms with Crippen LogP contribution in [0, 0.1) is 5.92 Å². The summed E-state index contributed by atoms with van der Waals surface area (Å²) in [5.41, 5.74) is 33.9. The Morgan fingerprint density at radius 3 is 1.57 bits per heavy atom. The first-order chi connectivity index (χ1) is 62.9. The summed E-state index contributed by atoms with van der Waals surface area (Å²) in [6.45, 7) is 6.54. The Morgan fingerprint density at radius 2 is 0.976 bits per heavy atom. The Hall–Kier alpha value is -14.5. The van der Waals surface area contributed by atoms with E-state index in [1.807, 2.05) is 0 Å². The summed E-state index contributed by atoms with van der Waals surface area (Å²) < 4.78 is 0. The van der Waals surface area contributed by atoms with Crippen LogP contribution in [0.25, 0.3) is 76.5 Å². The molecule has 0 spiro atoms. The van der Waals surface area contributed by atoms with E-state index < -0.39 is 0 Å². The van der Waals surface area contributed by atoms with E-state index in [0.29, 0.717) is 0 Å². The van der Waals surface area contributed by atoms with Crippen molar-refractivity contribution in [2.24, 2.45) is 5.92 Å². The molecule has 0 fully saturated rings. The third-order valence-corrected chi connectivity index (χ3v) is 26.7. The van der Waals surface area contributed by atoms with Gasteiger partial charge in [-0.1, -0.05) is 373 Å². The average molecular weight is 1640 g/mol. The molecule has 4 nitrogen and oxygen atoms in total. The molecule has 2 atom stereocenters. The molecule has 0 radical (unpaired) electrons. The highest BCUT2D eigenvalue weighted by molar-refractivity contribution is 7.00. The van der Waals surface area contributed by atoms with Gasteiger partial charge in [-0.15, -0.1) is 0 Å². The van der Waals surface area contributed by atoms with E-state index in [9.17, 15) is 0 Å². The molecule has 0 aromatic heterocycles. The molecule has 5 heteroatoms. The van der Waals surface area contributed by atoms with Crippen molar-refractivity contribution >= 4 is 134 Å². The number of benzene rings is 15. The summed E-state index contributed by atoms with van der Waals surface area (Å²) in [6, 6.07) is 127. The first-order valence-electron chi connectivity index (χ1n) is 46.0. The van der Waals surface area contributed by atoms with Crippen LogP contribution in [-0.2, 0) is 0 Å². The summed E-state index contributed by atoms with van der Waals surface area (Å²) in [4.78, 5) is 10.9. The quantitative estimate of drug-likeness (QED) is 0.0359. The fraction of sp³-hybridized carbons (Fsp3) is 0.131. The van der Waals surface area contributed by atoms with Crippen LogP contribution in [0.1, 0.15) is 103 Å². The Labute approximate surface area is 749 Å². The van der Waals surface area contributed by atoms with Crippen molar-refractivity contribution in [2.75, 3.05) is 19.6 Å². The number of anilines is 10. The minimum atomic E-state index is -0.380. The zero-order chi connectivity index (χ0) is 85.1. The van der Waals surface area contributed by atoms with E-state index in [4.69, 9.17) is 0 Å². The van der Waals surface area contributed by atoms with Crippen LogP contribution in [0.5, 0.6) is 0 Å². The van der Waals surface area contributed by atoms with Crippen molar-refractivity contribution < 1.29 is 0 Å². The van der Waals surface area contributed by atoms with Crippen LogP contribution >= 0.6 is 0 Å². The first kappa shape index (κ1) is 79.7. The molecule has 15 aromatic carbocycles. The monoisotopic (exact) mass is 1630 g/mol. The van der Waals surface area contributed by atoms with E-state index in [0.717, 1.165) is 133 Å². The molecular formula is C122H103BN4. The molecular weight excluding hydrogens is 1530 g/mol. The van der Waals surface area contributed by atoms with Crippen molar-refractivity contribution in [3.63, 3.8) is 0 Å². The van der Waals surface area contributed by atoms with Gasteiger partial charge in [-0.05, 0) is 259 Å². The number of hydrogen-bond acceptors (Lipinski definition) is 4. The number of para-hydroxylation sites is 2. The van der Waals surface area contributed by atoms with Gasteiger partial charge in [0, 0.05) is 73.0 Å². The Bertz CT molecular complexity index is 7040. The van der Waals surface area contributed by atoms with Gasteiger partial charge in [0.15, 0.2) is 0 Å². The molecule has 0 N–H and O–H groups in total. The highest BCUT2D eigenvalue weighted by Gasteiger charge is 2.48. The van der Waals surface area contributed by atoms with E-state index >= 15 is 0 Å². The molecule has 127 heavy (non-hydrogen) atoms. The van der Waals surface area contributed by atoms with E-state index in [1.54, 1.807) is 0 Å². The summed E-state index contributed by atoms with van der Waals surface area (Å²) in [5, 5.41) is 9.49. The van der Waals surface area contributed by atoms with Gasteiger partial charge in [0.1, 0.15) is 0 Å². The maximum absolute atomic E-state index is 2.90. The second-order valence-corrected chi connectivity index (χ2v) is 34.6. The zero-order valence-corrected chi connectivity index (χ0v) is 72.7. The fourth-order valence-corrected chi connectivity index (χ4v) is 20.9. The molecule has 2 unspecified atom stereocenters. The second kappa shape index (κ2) is 35.6. The molecule has 0 saturated heterocycles. The van der Waals surface area contributed by atoms with E-state index in [2.05, 4.69) is 465 Å². The molecule has 0 saturated carbocycles. The summed E-state index contributed by atoms with van der Waals surface area (Å²) in [7, 11) is 0. The lowest BCUT2D eigenvalue weighted by molar-refractivity contribution is 0.762. The molecule has 4 aliphatic carbocycles. The standard InChI is InChI=1S/C122H103BN4/c1-4-7-16-50-89(41-8-5-2)119(105(65-9-6-3)97-58-37-55-90(76-97)85-42-17-10-18-43-85)126-114-83-103(124(101-61-25-14-26-62-101)120-106-66-33-29-51-93(106)79-94-52-30-34-67-107(94)120)72-74-112(114)123-113-75-73-104(125(102-63-27-15-28-64-102)121-108-68-35-31-53-95(108)80-96-54-32-36-69-109(96)121)84-115(113)127(117-82-100(81-116(126)118(117)123)88-48-23-13-24-49-88)122-110(98-59-38-56-91(77-98)86-44-19-11-20-45-86)70-40-71-111(122)99-60-39-57-92(78-99)87-46-21-12-22-47-87/h5,8,11-17,19-36,38-39,41-57,59-70,72-76,78-84,98,119H,4,6-7,9-10,18,37,40,58,71,77H2,1-3H3/b8-5-,50-16-,89-41+,105-65-.